The molecule has 2 amide bonds. The van der Waals surface area contributed by atoms with E-state index in [-0.39, 0.29) is 5.56 Å². The molecule has 0 aliphatic carbocycles. The van der Waals surface area contributed by atoms with Gasteiger partial charge in [-0.25, -0.2) is 4.79 Å². The molecule has 0 saturated carbocycles. The van der Waals surface area contributed by atoms with E-state index < -0.39 is 17.8 Å². The van der Waals surface area contributed by atoms with Gasteiger partial charge in [0.25, 0.3) is 11.8 Å². The number of carbonyl (C=O) groups excluding carboxylic acids is 2. The number of rotatable bonds is 3. The second kappa shape index (κ2) is 6.41. The van der Waals surface area contributed by atoms with Crippen LogP contribution in [0.15, 0.2) is 36.4 Å². The molecule has 3 N–H and O–H groups in total. The molecule has 0 saturated heterocycles. The van der Waals surface area contributed by atoms with Crippen molar-refractivity contribution in [3.63, 3.8) is 0 Å². The molecule has 0 radical (unpaired) electrons. The summed E-state index contributed by atoms with van der Waals surface area (Å²) in [6.45, 7) is 0. The van der Waals surface area contributed by atoms with Gasteiger partial charge in [-0.05, 0) is 18.2 Å². The molecule has 0 aromatic heterocycles. The lowest BCUT2D eigenvalue weighted by Gasteiger charge is -2.05. The molecular formula is C11H9ClN2O4. The molecule has 1 aromatic rings. The number of aliphatic carboxylic acids is 1. The average molecular weight is 269 g/mol. The maximum atomic E-state index is 11.5. The normalized spacial score (nSPS) is 10.1. The summed E-state index contributed by atoms with van der Waals surface area (Å²) in [5.41, 5.74) is 4.40. The number of carboxylic acid groups (broad SMARTS) is 1. The zero-order valence-corrected chi connectivity index (χ0v) is 9.77. The van der Waals surface area contributed by atoms with E-state index in [1.165, 1.54) is 12.1 Å². The lowest BCUT2D eigenvalue weighted by molar-refractivity contribution is -0.131. The van der Waals surface area contributed by atoms with Gasteiger partial charge in [0.05, 0.1) is 0 Å². The van der Waals surface area contributed by atoms with Crippen LogP contribution in [0, 0.1) is 0 Å². The van der Waals surface area contributed by atoms with Gasteiger partial charge in [-0.3, -0.25) is 20.4 Å². The van der Waals surface area contributed by atoms with Crippen molar-refractivity contribution in [2.75, 3.05) is 0 Å². The topological polar surface area (TPSA) is 95.5 Å². The van der Waals surface area contributed by atoms with Crippen LogP contribution in [0.5, 0.6) is 0 Å². The molecule has 0 atom stereocenters. The summed E-state index contributed by atoms with van der Waals surface area (Å²) >= 11 is 5.69. The van der Waals surface area contributed by atoms with Crippen molar-refractivity contribution < 1.29 is 19.5 Å². The quantitative estimate of drug-likeness (QED) is 0.557. The summed E-state index contributed by atoms with van der Waals surface area (Å²) in [6.07, 6.45) is 1.43. The molecule has 7 heteroatoms. The summed E-state index contributed by atoms with van der Waals surface area (Å²) in [6, 6.07) is 6.13. The van der Waals surface area contributed by atoms with Gasteiger partial charge in [0.15, 0.2) is 0 Å². The van der Waals surface area contributed by atoms with Gasteiger partial charge in [-0.15, -0.1) is 0 Å². The highest BCUT2D eigenvalue weighted by molar-refractivity contribution is 6.30. The third-order valence-corrected chi connectivity index (χ3v) is 2.00. The molecule has 6 nitrogen and oxygen atoms in total. The van der Waals surface area contributed by atoms with Crippen LogP contribution in [0.25, 0.3) is 0 Å². The van der Waals surface area contributed by atoms with Crippen LogP contribution >= 0.6 is 11.6 Å². The minimum Gasteiger partial charge on any atom is -0.478 e. The maximum absolute atomic E-state index is 11.5. The van der Waals surface area contributed by atoms with Crippen LogP contribution in [-0.4, -0.2) is 22.9 Å². The van der Waals surface area contributed by atoms with E-state index in [0.717, 1.165) is 6.08 Å². The van der Waals surface area contributed by atoms with Crippen molar-refractivity contribution in [2.45, 2.75) is 0 Å². The Labute approximate surface area is 107 Å². The molecule has 0 spiro atoms. The first-order chi connectivity index (χ1) is 8.49. The van der Waals surface area contributed by atoms with Crippen LogP contribution in [-0.2, 0) is 9.59 Å². The lowest BCUT2D eigenvalue weighted by Crippen LogP contribution is -2.40. The molecule has 1 aromatic carbocycles. The predicted molar refractivity (Wildman–Crippen MR) is 63.8 cm³/mol. The summed E-state index contributed by atoms with van der Waals surface area (Å²) in [5.74, 6) is -2.58. The Morgan fingerprint density at radius 2 is 1.89 bits per heavy atom. The fourth-order valence-electron chi connectivity index (χ4n) is 1.01. The smallest absolute Gasteiger partial charge is 0.328 e. The lowest BCUT2D eigenvalue weighted by atomic mass is 10.2. The van der Waals surface area contributed by atoms with Crippen molar-refractivity contribution in [1.29, 1.82) is 0 Å². The standard InChI is InChI=1S/C11H9ClN2O4/c12-8-3-1-2-7(6-8)11(18)14-13-9(15)4-5-10(16)17/h1-6H,(H,13,15)(H,14,18)(H,16,17)/b5-4+. The highest BCUT2D eigenvalue weighted by Gasteiger charge is 2.06. The number of hydrogen-bond acceptors (Lipinski definition) is 3. The first kappa shape index (κ1) is 13.7. The Morgan fingerprint density at radius 1 is 1.17 bits per heavy atom. The second-order valence-corrected chi connectivity index (χ2v) is 3.56. The zero-order chi connectivity index (χ0) is 13.5. The Balaban J connectivity index is 2.52. The molecule has 18 heavy (non-hydrogen) atoms. The summed E-state index contributed by atoms with van der Waals surface area (Å²) < 4.78 is 0. The largest absolute Gasteiger partial charge is 0.478 e. The van der Waals surface area contributed by atoms with Crippen molar-refractivity contribution in [3.05, 3.63) is 47.0 Å². The van der Waals surface area contributed by atoms with Gasteiger partial charge in [0.2, 0.25) is 0 Å². The molecule has 0 aliphatic rings. The highest BCUT2D eigenvalue weighted by atomic mass is 35.5. The third-order valence-electron chi connectivity index (χ3n) is 1.76. The van der Waals surface area contributed by atoms with Crippen molar-refractivity contribution in [3.8, 4) is 0 Å². The van der Waals surface area contributed by atoms with E-state index in [1.54, 1.807) is 12.1 Å². The number of halogens is 1. The first-order valence-corrected chi connectivity index (χ1v) is 5.13. The highest BCUT2D eigenvalue weighted by Crippen LogP contribution is 2.09. The average Bonchev–Trinajstić information content (AvgIpc) is 2.33. The van der Waals surface area contributed by atoms with Crippen molar-refractivity contribution in [2.24, 2.45) is 0 Å². The molecule has 1 rings (SSSR count). The fourth-order valence-corrected chi connectivity index (χ4v) is 1.20. The van der Waals surface area contributed by atoms with Crippen LogP contribution in [0.2, 0.25) is 5.02 Å². The van der Waals surface area contributed by atoms with E-state index >= 15 is 0 Å². The molecule has 0 fully saturated rings. The first-order valence-electron chi connectivity index (χ1n) is 4.76. The second-order valence-electron chi connectivity index (χ2n) is 3.13. The number of carbonyl (C=O) groups is 3. The molecule has 0 bridgehead atoms. The van der Waals surface area contributed by atoms with Gasteiger partial charge >= 0.3 is 5.97 Å². The molecular weight excluding hydrogens is 260 g/mol. The SMILES string of the molecule is O=C(O)/C=C/C(=O)NNC(=O)c1cccc(Cl)c1. The van der Waals surface area contributed by atoms with Gasteiger partial charge in [0, 0.05) is 22.7 Å². The van der Waals surface area contributed by atoms with Gasteiger partial charge < -0.3 is 5.11 Å². The molecule has 0 unspecified atom stereocenters. The van der Waals surface area contributed by atoms with Crippen LogP contribution in [0.3, 0.4) is 0 Å². The number of carboxylic acids is 1. The Kier molecular flexibility index (Phi) is 4.89. The minimum absolute atomic E-state index is 0.269. The fraction of sp³-hybridized carbons (Fsp3) is 0. The zero-order valence-electron chi connectivity index (χ0n) is 9.01. The summed E-state index contributed by atoms with van der Waals surface area (Å²) in [4.78, 5) is 32.7. The maximum Gasteiger partial charge on any atom is 0.328 e. The minimum atomic E-state index is -1.26. The summed E-state index contributed by atoms with van der Waals surface area (Å²) in [5, 5.41) is 8.67. The van der Waals surface area contributed by atoms with Gasteiger partial charge in [-0.1, -0.05) is 17.7 Å². The number of benzene rings is 1. The van der Waals surface area contributed by atoms with Gasteiger partial charge in [0.1, 0.15) is 0 Å². The Bertz CT molecular complexity index is 514. The van der Waals surface area contributed by atoms with Crippen molar-refractivity contribution in [1.82, 2.24) is 10.9 Å². The van der Waals surface area contributed by atoms with E-state index in [2.05, 4.69) is 5.43 Å². The van der Waals surface area contributed by atoms with Crippen LogP contribution < -0.4 is 10.9 Å². The molecule has 0 heterocycles. The van der Waals surface area contributed by atoms with E-state index in [4.69, 9.17) is 16.7 Å². The van der Waals surface area contributed by atoms with Crippen LogP contribution in [0.4, 0.5) is 0 Å². The third kappa shape index (κ3) is 4.67. The number of nitrogens with one attached hydrogen (secondary N) is 2. The monoisotopic (exact) mass is 268 g/mol. The number of amides is 2. The molecule has 0 aliphatic heterocycles. The van der Waals surface area contributed by atoms with E-state index in [1.807, 2.05) is 5.43 Å². The number of hydrazine groups is 1. The van der Waals surface area contributed by atoms with E-state index in [0.29, 0.717) is 11.1 Å². The van der Waals surface area contributed by atoms with E-state index in [9.17, 15) is 14.4 Å². The Hall–Kier alpha value is -2.34. The Morgan fingerprint density at radius 3 is 2.50 bits per heavy atom. The van der Waals surface area contributed by atoms with Crippen molar-refractivity contribution >= 4 is 29.4 Å². The summed E-state index contributed by atoms with van der Waals surface area (Å²) in [7, 11) is 0. The van der Waals surface area contributed by atoms with Crippen LogP contribution in [0.1, 0.15) is 10.4 Å². The van der Waals surface area contributed by atoms with Gasteiger partial charge in [-0.2, -0.15) is 0 Å². The number of hydrogen-bond donors (Lipinski definition) is 3. The molecule has 94 valence electrons. The predicted octanol–water partition coefficient (Wildman–Crippen LogP) is 0.742.